The molecule has 0 spiro atoms. The summed E-state index contributed by atoms with van der Waals surface area (Å²) in [5, 5.41) is 8.63. The summed E-state index contributed by atoms with van der Waals surface area (Å²) in [5.74, 6) is 0.322. The van der Waals surface area contributed by atoms with Crippen molar-refractivity contribution in [1.29, 1.82) is 0 Å². The van der Waals surface area contributed by atoms with Crippen molar-refractivity contribution >= 4 is 0 Å². The summed E-state index contributed by atoms with van der Waals surface area (Å²) >= 11 is 0.750. The molecule has 0 amide bonds. The molecule has 1 N–H and O–H groups in total. The Balaban J connectivity index is 0.000000291. The van der Waals surface area contributed by atoms with Crippen molar-refractivity contribution < 1.29 is 28.8 Å². The molecule has 0 heterocycles. The Hall–Kier alpha value is -0.466. The maximum atomic E-state index is 8.63. The molecule has 0 aliphatic heterocycles. The van der Waals surface area contributed by atoms with E-state index in [1.807, 2.05) is 6.07 Å². The van der Waals surface area contributed by atoms with E-state index in [4.69, 9.17) is 8.43 Å². The quantitative estimate of drug-likeness (QED) is 0.577. The minimum absolute atomic E-state index is 0.322. The normalized spacial score (nSPS) is 7.00. The average Bonchev–Trinajstić information content (AvgIpc) is 1.94. The van der Waals surface area contributed by atoms with Crippen molar-refractivity contribution in [2.75, 3.05) is 0 Å². The van der Waals surface area contributed by atoms with Gasteiger partial charge in [0.2, 0.25) is 0 Å². The van der Waals surface area contributed by atoms with Gasteiger partial charge in [-0.1, -0.05) is 18.2 Å². The van der Waals surface area contributed by atoms with Gasteiger partial charge in [0.1, 0.15) is 5.75 Å². The monoisotopic (exact) mass is 158 g/mol. The summed E-state index contributed by atoms with van der Waals surface area (Å²) in [6.45, 7) is 0. The maximum absolute atomic E-state index is 8.63. The van der Waals surface area contributed by atoms with Gasteiger partial charge in [-0.05, 0) is 12.1 Å². The van der Waals surface area contributed by atoms with E-state index in [-0.39, 0.29) is 0 Å². The summed E-state index contributed by atoms with van der Waals surface area (Å²) in [6.07, 6.45) is 0. The molecule has 2 nitrogen and oxygen atoms in total. The fourth-order valence-electron chi connectivity index (χ4n) is 0.428. The molecule has 0 radical (unpaired) electrons. The van der Waals surface area contributed by atoms with E-state index in [1.54, 1.807) is 24.3 Å². The molecule has 0 aliphatic carbocycles. The third kappa shape index (κ3) is 4.07. The molecule has 9 heavy (non-hydrogen) atoms. The second-order valence-corrected chi connectivity index (χ2v) is 1.34. The second-order valence-electron chi connectivity index (χ2n) is 1.34. The molecule has 0 saturated carbocycles. The summed E-state index contributed by atoms with van der Waals surface area (Å²) in [5.41, 5.74) is 0. The van der Waals surface area contributed by atoms with Crippen LogP contribution in [0, 0.1) is 0 Å². The minimum atomic E-state index is 0.322. The zero-order valence-corrected chi connectivity index (χ0v) is 6.30. The molecule has 0 aromatic heterocycles. The van der Waals surface area contributed by atoms with Gasteiger partial charge < -0.3 is 5.11 Å². The summed E-state index contributed by atoms with van der Waals surface area (Å²) in [4.78, 5) is 0. The fraction of sp³-hybridized carbons (Fsp3) is 0. The summed E-state index contributed by atoms with van der Waals surface area (Å²) < 4.78 is 8.25. The van der Waals surface area contributed by atoms with Gasteiger partial charge in [0, 0.05) is 0 Å². The van der Waals surface area contributed by atoms with Crippen LogP contribution in [0.15, 0.2) is 30.3 Å². The first kappa shape index (κ1) is 8.53. The molecule has 1 aromatic rings. The number of phenols is 1. The van der Waals surface area contributed by atoms with Crippen molar-refractivity contribution in [1.82, 2.24) is 0 Å². The van der Waals surface area contributed by atoms with Crippen LogP contribution in [0.4, 0.5) is 0 Å². The predicted octanol–water partition coefficient (Wildman–Crippen LogP) is 1.27. The topological polar surface area (TPSA) is 37.3 Å². The van der Waals surface area contributed by atoms with E-state index in [2.05, 4.69) is 0 Å². The van der Waals surface area contributed by atoms with E-state index in [9.17, 15) is 0 Å². The first-order valence-electron chi connectivity index (χ1n) is 2.34. The van der Waals surface area contributed by atoms with Crippen molar-refractivity contribution in [2.24, 2.45) is 0 Å². The van der Waals surface area contributed by atoms with E-state index >= 15 is 0 Å². The molecule has 0 fully saturated rings. The molecule has 0 bridgehead atoms. The van der Waals surface area contributed by atoms with Gasteiger partial charge in [-0.2, -0.15) is 0 Å². The van der Waals surface area contributed by atoms with Crippen molar-refractivity contribution in [3.8, 4) is 5.75 Å². The van der Waals surface area contributed by atoms with Crippen molar-refractivity contribution in [3.63, 3.8) is 0 Å². The Bertz CT molecular complexity index is 152. The van der Waals surface area contributed by atoms with E-state index in [1.165, 1.54) is 0 Å². The molecular formula is C6H6O2Ti. The van der Waals surface area contributed by atoms with E-state index in [0.29, 0.717) is 5.75 Å². The summed E-state index contributed by atoms with van der Waals surface area (Å²) in [7, 11) is 0. The Morgan fingerprint density at radius 1 is 1.11 bits per heavy atom. The molecule has 46 valence electrons. The van der Waals surface area contributed by atoms with E-state index < -0.39 is 0 Å². The Labute approximate surface area is 65.2 Å². The molecular weight excluding hydrogens is 152 g/mol. The van der Waals surface area contributed by atoms with Crippen LogP contribution in [0.25, 0.3) is 0 Å². The third-order valence-corrected chi connectivity index (χ3v) is 0.756. The average molecular weight is 158 g/mol. The van der Waals surface area contributed by atoms with Gasteiger partial charge in [0.05, 0.1) is 0 Å². The number of hydrogen-bond acceptors (Lipinski definition) is 2. The number of aromatic hydroxyl groups is 1. The SMILES string of the molecule is Oc1ccccc1.[O]=[Ti]. The number of para-hydroxylation sites is 1. The zero-order chi connectivity index (χ0) is 7.11. The molecule has 3 heteroatoms. The number of benzene rings is 1. The van der Waals surface area contributed by atoms with Crippen LogP contribution in [0.5, 0.6) is 5.75 Å². The van der Waals surface area contributed by atoms with Gasteiger partial charge in [-0.15, -0.1) is 0 Å². The van der Waals surface area contributed by atoms with Crippen molar-refractivity contribution in [3.05, 3.63) is 30.3 Å². The molecule has 0 unspecified atom stereocenters. The van der Waals surface area contributed by atoms with Gasteiger partial charge >= 0.3 is 23.7 Å². The van der Waals surface area contributed by atoms with Crippen LogP contribution in [0.1, 0.15) is 0 Å². The first-order valence-corrected chi connectivity index (χ1v) is 2.98. The van der Waals surface area contributed by atoms with Gasteiger partial charge in [0.15, 0.2) is 0 Å². The zero-order valence-electron chi connectivity index (χ0n) is 4.74. The van der Waals surface area contributed by atoms with Crippen LogP contribution in [-0.4, -0.2) is 5.11 Å². The first-order chi connectivity index (χ1) is 4.39. The molecule has 1 aromatic carbocycles. The Morgan fingerprint density at radius 3 is 1.78 bits per heavy atom. The van der Waals surface area contributed by atoms with Crippen LogP contribution >= 0.6 is 0 Å². The number of hydrogen-bond donors (Lipinski definition) is 1. The number of phenolic OH excluding ortho intramolecular Hbond substituents is 1. The van der Waals surface area contributed by atoms with Gasteiger partial charge in [0.25, 0.3) is 0 Å². The van der Waals surface area contributed by atoms with E-state index in [0.717, 1.165) is 20.4 Å². The molecule has 0 atom stereocenters. The molecule has 0 aliphatic rings. The Kier molecular flexibility index (Phi) is 5.37. The third-order valence-electron chi connectivity index (χ3n) is 0.756. The standard InChI is InChI=1S/C6H6O.O.Ti/c7-6-4-2-1-3-5-6;;/h1-5,7H;;. The van der Waals surface area contributed by atoms with Gasteiger partial charge in [-0.3, -0.25) is 0 Å². The Morgan fingerprint density at radius 2 is 1.56 bits per heavy atom. The van der Waals surface area contributed by atoms with Crippen LogP contribution < -0.4 is 0 Å². The number of rotatable bonds is 0. The van der Waals surface area contributed by atoms with Crippen LogP contribution in [0.2, 0.25) is 0 Å². The van der Waals surface area contributed by atoms with Crippen molar-refractivity contribution in [2.45, 2.75) is 0 Å². The van der Waals surface area contributed by atoms with Gasteiger partial charge in [-0.25, -0.2) is 0 Å². The summed E-state index contributed by atoms with van der Waals surface area (Å²) in [6, 6.07) is 8.71. The molecule has 0 saturated heterocycles. The fourth-order valence-corrected chi connectivity index (χ4v) is 0.428. The predicted molar refractivity (Wildman–Crippen MR) is 28.8 cm³/mol. The molecule has 1 rings (SSSR count). The van der Waals surface area contributed by atoms with Crippen LogP contribution in [0.3, 0.4) is 0 Å². The van der Waals surface area contributed by atoms with Crippen LogP contribution in [-0.2, 0) is 23.7 Å². The second kappa shape index (κ2) is 5.67.